The highest BCUT2D eigenvalue weighted by molar-refractivity contribution is 7.98. The number of amides is 1. The number of alkyl carbamates (subject to hydrolysis) is 1. The van der Waals surface area contributed by atoms with Crippen molar-refractivity contribution in [1.82, 2.24) is 5.32 Å². The van der Waals surface area contributed by atoms with E-state index in [-0.39, 0.29) is 23.3 Å². The number of carbonyl (C=O) groups excluding carboxylic acids is 1. The number of hydrogen-bond donors (Lipinski definition) is 2. The highest BCUT2D eigenvalue weighted by Crippen LogP contribution is 2.44. The first-order chi connectivity index (χ1) is 15.9. The predicted molar refractivity (Wildman–Crippen MR) is 127 cm³/mol. The van der Waals surface area contributed by atoms with E-state index in [1.54, 1.807) is 6.07 Å². The number of hydrogen-bond acceptors (Lipinski definition) is 4. The maximum absolute atomic E-state index is 13.6. The Morgan fingerprint density at radius 3 is 2.30 bits per heavy atom. The molecule has 1 atom stereocenters. The number of carboxylic acid groups (broad SMARTS) is 1. The molecule has 0 aliphatic heterocycles. The van der Waals surface area contributed by atoms with Crippen LogP contribution < -0.4 is 5.32 Å². The van der Waals surface area contributed by atoms with Crippen LogP contribution in [0.1, 0.15) is 22.6 Å². The number of aliphatic carboxylic acids is 1. The van der Waals surface area contributed by atoms with Gasteiger partial charge in [-0.1, -0.05) is 66.2 Å². The van der Waals surface area contributed by atoms with Gasteiger partial charge in [0.25, 0.3) is 0 Å². The molecular weight excluding hydrogens is 465 g/mol. The smallest absolute Gasteiger partial charge is 0.407 e. The van der Waals surface area contributed by atoms with Crippen LogP contribution in [0.5, 0.6) is 0 Å². The quantitative estimate of drug-likeness (QED) is 0.428. The van der Waals surface area contributed by atoms with Crippen LogP contribution in [0.3, 0.4) is 0 Å². The monoisotopic (exact) mass is 485 g/mol. The normalized spacial score (nSPS) is 13.2. The Morgan fingerprint density at radius 2 is 1.70 bits per heavy atom. The molecule has 0 heterocycles. The summed E-state index contributed by atoms with van der Waals surface area (Å²) in [4.78, 5) is 24.0. The molecule has 0 fully saturated rings. The van der Waals surface area contributed by atoms with Crippen LogP contribution in [0.4, 0.5) is 9.18 Å². The molecule has 2 N–H and O–H groups in total. The highest BCUT2D eigenvalue weighted by atomic mass is 35.5. The van der Waals surface area contributed by atoms with E-state index in [9.17, 15) is 19.1 Å². The number of nitrogens with one attached hydrogen (secondary N) is 1. The molecule has 0 saturated heterocycles. The third kappa shape index (κ3) is 5.31. The van der Waals surface area contributed by atoms with Crippen LogP contribution in [0.2, 0.25) is 5.02 Å². The number of halogens is 2. The second-order valence-corrected chi connectivity index (χ2v) is 9.06. The summed E-state index contributed by atoms with van der Waals surface area (Å²) in [5.74, 6) is -1.33. The number of fused-ring (bicyclic) bond motifs is 3. The van der Waals surface area contributed by atoms with Gasteiger partial charge in [-0.25, -0.2) is 14.0 Å². The predicted octanol–water partition coefficient (Wildman–Crippen LogP) is 5.70. The fourth-order valence-corrected chi connectivity index (χ4v) is 4.99. The summed E-state index contributed by atoms with van der Waals surface area (Å²) in [5, 5.41) is 11.9. The van der Waals surface area contributed by atoms with Crippen molar-refractivity contribution in [3.8, 4) is 11.1 Å². The number of benzene rings is 3. The Labute approximate surface area is 199 Å². The van der Waals surface area contributed by atoms with Crippen molar-refractivity contribution in [1.29, 1.82) is 0 Å². The molecule has 1 aliphatic carbocycles. The van der Waals surface area contributed by atoms with Gasteiger partial charge in [-0.05, 0) is 39.9 Å². The van der Waals surface area contributed by atoms with Crippen molar-refractivity contribution in [2.45, 2.75) is 17.7 Å². The van der Waals surface area contributed by atoms with Crippen LogP contribution in [-0.2, 0) is 15.3 Å². The lowest BCUT2D eigenvalue weighted by atomic mass is 9.98. The number of carboxylic acids is 1. The van der Waals surface area contributed by atoms with Gasteiger partial charge in [-0.15, -0.1) is 0 Å². The zero-order chi connectivity index (χ0) is 23.4. The van der Waals surface area contributed by atoms with Gasteiger partial charge in [0.2, 0.25) is 0 Å². The van der Waals surface area contributed by atoms with E-state index in [0.717, 1.165) is 22.3 Å². The Hall–Kier alpha value is -3.03. The lowest BCUT2D eigenvalue weighted by molar-refractivity contribution is -0.138. The van der Waals surface area contributed by atoms with E-state index in [1.807, 2.05) is 48.5 Å². The number of carbonyl (C=O) groups is 2. The summed E-state index contributed by atoms with van der Waals surface area (Å²) in [6, 6.07) is 19.2. The molecule has 8 heteroatoms. The summed E-state index contributed by atoms with van der Waals surface area (Å²) in [7, 11) is 0. The second-order valence-electron chi connectivity index (χ2n) is 7.62. The Balaban J connectivity index is 1.33. The van der Waals surface area contributed by atoms with Crippen molar-refractivity contribution >= 4 is 35.4 Å². The standard InChI is InChI=1S/C25H21ClFNO4S/c26-21-10-9-15(11-22(21)27)13-33-14-23(24(29)30)28-25(31)32-12-20-18-7-3-1-5-16(18)17-6-2-4-8-19(17)20/h1-11,20,23H,12-14H2,(H,28,31)(H,29,30). The molecule has 1 unspecified atom stereocenters. The molecule has 1 amide bonds. The van der Waals surface area contributed by atoms with E-state index in [4.69, 9.17) is 16.3 Å². The van der Waals surface area contributed by atoms with E-state index < -0.39 is 23.9 Å². The van der Waals surface area contributed by atoms with Crippen LogP contribution in [0, 0.1) is 5.82 Å². The van der Waals surface area contributed by atoms with Gasteiger partial charge >= 0.3 is 12.1 Å². The summed E-state index contributed by atoms with van der Waals surface area (Å²) in [6.45, 7) is 0.101. The number of ether oxygens (including phenoxy) is 1. The molecule has 0 radical (unpaired) electrons. The largest absolute Gasteiger partial charge is 0.480 e. The van der Waals surface area contributed by atoms with Crippen molar-refractivity contribution in [2.24, 2.45) is 0 Å². The van der Waals surface area contributed by atoms with Crippen molar-refractivity contribution in [2.75, 3.05) is 12.4 Å². The Morgan fingerprint density at radius 1 is 1.06 bits per heavy atom. The topological polar surface area (TPSA) is 75.6 Å². The average molecular weight is 486 g/mol. The summed E-state index contributed by atoms with van der Waals surface area (Å²) < 4.78 is 19.0. The second kappa shape index (κ2) is 10.3. The first-order valence-electron chi connectivity index (χ1n) is 10.3. The lowest BCUT2D eigenvalue weighted by Crippen LogP contribution is -2.43. The number of rotatable bonds is 8. The maximum atomic E-state index is 13.6. The van der Waals surface area contributed by atoms with Gasteiger partial charge in [-0.2, -0.15) is 11.8 Å². The van der Waals surface area contributed by atoms with Gasteiger partial charge in [0.15, 0.2) is 0 Å². The van der Waals surface area contributed by atoms with Gasteiger partial charge in [0, 0.05) is 17.4 Å². The van der Waals surface area contributed by atoms with E-state index in [0.29, 0.717) is 11.3 Å². The minimum Gasteiger partial charge on any atom is -0.480 e. The first kappa shape index (κ1) is 23.1. The van der Waals surface area contributed by atoms with Crippen molar-refractivity contribution in [3.05, 3.63) is 94.3 Å². The molecule has 0 saturated carbocycles. The van der Waals surface area contributed by atoms with Gasteiger partial charge < -0.3 is 15.2 Å². The molecule has 3 aromatic carbocycles. The third-order valence-electron chi connectivity index (χ3n) is 5.47. The summed E-state index contributed by atoms with van der Waals surface area (Å²) in [6.07, 6.45) is -0.789. The summed E-state index contributed by atoms with van der Waals surface area (Å²) >= 11 is 6.94. The molecular formula is C25H21ClFNO4S. The van der Waals surface area contributed by atoms with E-state index in [2.05, 4.69) is 5.32 Å². The average Bonchev–Trinajstić information content (AvgIpc) is 3.13. The Kier molecular flexibility index (Phi) is 7.20. The molecule has 4 rings (SSSR count). The van der Waals surface area contributed by atoms with E-state index >= 15 is 0 Å². The molecule has 0 bridgehead atoms. The molecule has 5 nitrogen and oxygen atoms in total. The molecule has 0 spiro atoms. The maximum Gasteiger partial charge on any atom is 0.407 e. The van der Waals surface area contributed by atoms with Crippen molar-refractivity contribution in [3.63, 3.8) is 0 Å². The lowest BCUT2D eigenvalue weighted by Gasteiger charge is -2.17. The van der Waals surface area contributed by atoms with Crippen LogP contribution in [0.15, 0.2) is 66.7 Å². The van der Waals surface area contributed by atoms with Crippen LogP contribution in [-0.4, -0.2) is 35.6 Å². The third-order valence-corrected chi connectivity index (χ3v) is 6.88. The Bertz CT molecular complexity index is 1140. The minimum atomic E-state index is -1.17. The fraction of sp³-hybridized carbons (Fsp3) is 0.200. The van der Waals surface area contributed by atoms with Gasteiger partial charge in [0.05, 0.1) is 5.02 Å². The molecule has 33 heavy (non-hydrogen) atoms. The first-order valence-corrected chi connectivity index (χ1v) is 11.8. The fourth-order valence-electron chi connectivity index (χ4n) is 3.88. The minimum absolute atomic E-state index is 0.0316. The molecule has 3 aromatic rings. The SMILES string of the molecule is O=C(NC(CSCc1ccc(Cl)c(F)c1)C(=O)O)OCC1c2ccccc2-c2ccccc21. The van der Waals surface area contributed by atoms with Gasteiger partial charge in [-0.3, -0.25) is 0 Å². The molecule has 0 aromatic heterocycles. The number of thioether (sulfide) groups is 1. The highest BCUT2D eigenvalue weighted by Gasteiger charge is 2.29. The zero-order valence-corrected chi connectivity index (χ0v) is 19.0. The zero-order valence-electron chi connectivity index (χ0n) is 17.5. The van der Waals surface area contributed by atoms with Crippen molar-refractivity contribution < 1.29 is 23.8 Å². The van der Waals surface area contributed by atoms with Gasteiger partial charge in [0.1, 0.15) is 18.5 Å². The summed E-state index contributed by atoms with van der Waals surface area (Å²) in [5.41, 5.74) is 5.05. The van der Waals surface area contributed by atoms with Crippen LogP contribution >= 0.6 is 23.4 Å². The van der Waals surface area contributed by atoms with E-state index in [1.165, 1.54) is 23.9 Å². The molecule has 1 aliphatic rings. The van der Waals surface area contributed by atoms with Crippen LogP contribution in [0.25, 0.3) is 11.1 Å². The molecule has 170 valence electrons.